The third-order valence-corrected chi connectivity index (χ3v) is 3.62. The van der Waals surface area contributed by atoms with Crippen molar-refractivity contribution in [2.24, 2.45) is 0 Å². The van der Waals surface area contributed by atoms with Gasteiger partial charge in [-0.3, -0.25) is 4.72 Å². The Morgan fingerprint density at radius 3 is 2.56 bits per heavy atom. The van der Waals surface area contributed by atoms with Crippen LogP contribution >= 0.6 is 0 Å². The zero-order valence-electron chi connectivity index (χ0n) is 9.17. The van der Waals surface area contributed by atoms with Crippen molar-refractivity contribution >= 4 is 21.5 Å². The Bertz CT molecular complexity index is 673. The van der Waals surface area contributed by atoms with E-state index in [0.29, 0.717) is 0 Å². The minimum Gasteiger partial charge on any atom is -0.383 e. The minimum atomic E-state index is -3.94. The second-order valence-corrected chi connectivity index (χ2v) is 5.12. The first-order chi connectivity index (χ1) is 8.50. The molecule has 7 heteroatoms. The summed E-state index contributed by atoms with van der Waals surface area (Å²) in [5, 5.41) is 0. The van der Waals surface area contributed by atoms with E-state index < -0.39 is 15.8 Å². The number of anilines is 2. The number of benzene rings is 1. The average molecular weight is 267 g/mol. The van der Waals surface area contributed by atoms with Gasteiger partial charge in [-0.2, -0.15) is 0 Å². The zero-order valence-corrected chi connectivity index (χ0v) is 9.99. The highest BCUT2D eigenvalue weighted by Crippen LogP contribution is 2.21. The molecule has 1 aromatic heterocycles. The van der Waals surface area contributed by atoms with Crippen LogP contribution in [0.1, 0.15) is 0 Å². The highest BCUT2D eigenvalue weighted by molar-refractivity contribution is 7.92. The molecule has 1 aromatic carbocycles. The number of nitrogens with two attached hydrogens (primary N) is 1. The summed E-state index contributed by atoms with van der Waals surface area (Å²) in [7, 11) is -3.94. The molecule has 0 aliphatic carbocycles. The van der Waals surface area contributed by atoms with Gasteiger partial charge in [0.25, 0.3) is 10.0 Å². The van der Waals surface area contributed by atoms with Gasteiger partial charge in [-0.25, -0.2) is 17.8 Å². The molecule has 0 saturated heterocycles. The lowest BCUT2D eigenvalue weighted by Gasteiger charge is -2.09. The quantitative estimate of drug-likeness (QED) is 0.884. The summed E-state index contributed by atoms with van der Waals surface area (Å²) in [6.07, 6.45) is 1.37. The van der Waals surface area contributed by atoms with Crippen LogP contribution in [0.25, 0.3) is 0 Å². The Balaban J connectivity index is 2.40. The Kier molecular flexibility index (Phi) is 3.15. The number of pyridine rings is 1. The Hall–Kier alpha value is -2.15. The molecule has 18 heavy (non-hydrogen) atoms. The normalized spacial score (nSPS) is 11.2. The van der Waals surface area contributed by atoms with E-state index in [0.717, 1.165) is 6.07 Å². The lowest BCUT2D eigenvalue weighted by atomic mass is 10.3. The van der Waals surface area contributed by atoms with Gasteiger partial charge in [0, 0.05) is 6.20 Å². The maximum atomic E-state index is 13.4. The number of hydrogen-bond donors (Lipinski definition) is 2. The van der Waals surface area contributed by atoms with Crippen molar-refractivity contribution in [1.82, 2.24) is 4.98 Å². The molecule has 2 aromatic rings. The number of nitrogen functional groups attached to an aromatic ring is 1. The summed E-state index contributed by atoms with van der Waals surface area (Å²) in [5.41, 5.74) is 5.34. The molecule has 0 spiro atoms. The first kappa shape index (κ1) is 12.3. The molecule has 0 bridgehead atoms. The molecule has 5 nitrogen and oxygen atoms in total. The van der Waals surface area contributed by atoms with Crippen LogP contribution < -0.4 is 10.5 Å². The smallest absolute Gasteiger partial charge is 0.265 e. The number of para-hydroxylation sites is 1. The Morgan fingerprint density at radius 1 is 1.17 bits per heavy atom. The minimum absolute atomic E-state index is 0.138. The third-order valence-electron chi connectivity index (χ3n) is 2.21. The van der Waals surface area contributed by atoms with Crippen LogP contribution in [0, 0.1) is 5.82 Å². The van der Waals surface area contributed by atoms with Crippen LogP contribution in [-0.2, 0) is 10.0 Å². The number of hydrogen-bond acceptors (Lipinski definition) is 4. The monoisotopic (exact) mass is 267 g/mol. The van der Waals surface area contributed by atoms with Gasteiger partial charge in [0.05, 0.1) is 5.69 Å². The van der Waals surface area contributed by atoms with Crippen molar-refractivity contribution in [1.29, 1.82) is 0 Å². The van der Waals surface area contributed by atoms with Gasteiger partial charge < -0.3 is 5.73 Å². The van der Waals surface area contributed by atoms with Gasteiger partial charge in [-0.15, -0.1) is 0 Å². The molecule has 1 heterocycles. The van der Waals surface area contributed by atoms with Crippen LogP contribution in [-0.4, -0.2) is 13.4 Å². The first-order valence-electron chi connectivity index (χ1n) is 4.98. The molecule has 0 aliphatic rings. The molecule has 0 unspecified atom stereocenters. The van der Waals surface area contributed by atoms with Gasteiger partial charge in [0.2, 0.25) is 0 Å². The van der Waals surface area contributed by atoms with E-state index in [4.69, 9.17) is 5.73 Å². The largest absolute Gasteiger partial charge is 0.383 e. The zero-order chi connectivity index (χ0) is 13.2. The second-order valence-electron chi connectivity index (χ2n) is 3.47. The topological polar surface area (TPSA) is 85.1 Å². The van der Waals surface area contributed by atoms with Gasteiger partial charge in [-0.05, 0) is 24.3 Å². The van der Waals surface area contributed by atoms with Gasteiger partial charge in [0.15, 0.2) is 0 Å². The van der Waals surface area contributed by atoms with E-state index >= 15 is 0 Å². The molecular weight excluding hydrogens is 257 g/mol. The van der Waals surface area contributed by atoms with Gasteiger partial charge >= 0.3 is 0 Å². The third kappa shape index (κ3) is 2.40. The molecule has 0 fully saturated rings. The lowest BCUT2D eigenvalue weighted by molar-refractivity contribution is 0.598. The Morgan fingerprint density at radius 2 is 1.89 bits per heavy atom. The van der Waals surface area contributed by atoms with Crippen LogP contribution in [0.4, 0.5) is 15.9 Å². The van der Waals surface area contributed by atoms with E-state index in [1.54, 1.807) is 0 Å². The summed E-state index contributed by atoms with van der Waals surface area (Å²) in [6, 6.07) is 8.20. The second kappa shape index (κ2) is 4.61. The highest BCUT2D eigenvalue weighted by atomic mass is 32.2. The van der Waals surface area contributed by atoms with E-state index in [-0.39, 0.29) is 16.4 Å². The van der Waals surface area contributed by atoms with Crippen molar-refractivity contribution in [3.63, 3.8) is 0 Å². The van der Waals surface area contributed by atoms with Crippen LogP contribution in [0.3, 0.4) is 0 Å². The fourth-order valence-electron chi connectivity index (χ4n) is 1.37. The first-order valence-corrected chi connectivity index (χ1v) is 6.47. The predicted octanol–water partition coefficient (Wildman–Crippen LogP) is 1.60. The predicted molar refractivity (Wildman–Crippen MR) is 65.9 cm³/mol. The van der Waals surface area contributed by atoms with Crippen molar-refractivity contribution in [3.8, 4) is 0 Å². The molecule has 0 saturated carbocycles. The SMILES string of the molecule is Nc1ncccc1S(=O)(=O)Nc1ccccc1F. The van der Waals surface area contributed by atoms with Crippen molar-refractivity contribution in [2.45, 2.75) is 4.90 Å². The molecule has 0 amide bonds. The summed E-state index contributed by atoms with van der Waals surface area (Å²) in [4.78, 5) is 3.49. The number of sulfonamides is 1. The number of nitrogens with zero attached hydrogens (tertiary/aromatic N) is 1. The van der Waals surface area contributed by atoms with Gasteiger partial charge in [0.1, 0.15) is 16.5 Å². The lowest BCUT2D eigenvalue weighted by Crippen LogP contribution is -2.16. The van der Waals surface area contributed by atoms with E-state index in [1.807, 2.05) is 0 Å². The van der Waals surface area contributed by atoms with Gasteiger partial charge in [-0.1, -0.05) is 12.1 Å². The highest BCUT2D eigenvalue weighted by Gasteiger charge is 2.19. The summed E-state index contributed by atoms with van der Waals surface area (Å²) < 4.78 is 39.4. The molecule has 3 N–H and O–H groups in total. The fourth-order valence-corrected chi connectivity index (χ4v) is 2.52. The maximum absolute atomic E-state index is 13.4. The molecule has 2 rings (SSSR count). The molecule has 0 atom stereocenters. The van der Waals surface area contributed by atoms with Crippen LogP contribution in [0.15, 0.2) is 47.5 Å². The Labute approximate surface area is 104 Å². The average Bonchev–Trinajstić information content (AvgIpc) is 2.32. The van der Waals surface area contributed by atoms with Crippen molar-refractivity contribution in [3.05, 3.63) is 48.4 Å². The number of aromatic nitrogens is 1. The standard InChI is InChI=1S/C11H10FN3O2S/c12-8-4-1-2-5-9(8)15-18(16,17)10-6-3-7-14-11(10)13/h1-7,15H,(H2,13,14). The van der Waals surface area contributed by atoms with Crippen molar-refractivity contribution < 1.29 is 12.8 Å². The number of nitrogens with one attached hydrogen (secondary N) is 1. The number of rotatable bonds is 3. The van der Waals surface area contributed by atoms with Crippen LogP contribution in [0.2, 0.25) is 0 Å². The maximum Gasteiger partial charge on any atom is 0.265 e. The fraction of sp³-hybridized carbons (Fsp3) is 0. The summed E-state index contributed by atoms with van der Waals surface area (Å²) in [6.45, 7) is 0. The molecule has 94 valence electrons. The van der Waals surface area contributed by atoms with E-state index in [9.17, 15) is 12.8 Å². The summed E-state index contributed by atoms with van der Waals surface area (Å²) >= 11 is 0. The van der Waals surface area contributed by atoms with E-state index in [2.05, 4.69) is 9.71 Å². The molecular formula is C11H10FN3O2S. The molecule has 0 aliphatic heterocycles. The van der Waals surface area contributed by atoms with Crippen molar-refractivity contribution in [2.75, 3.05) is 10.5 Å². The van der Waals surface area contributed by atoms with Crippen LogP contribution in [0.5, 0.6) is 0 Å². The molecule has 0 radical (unpaired) electrons. The summed E-state index contributed by atoms with van der Waals surface area (Å²) in [5.74, 6) is -0.801. The van der Waals surface area contributed by atoms with E-state index in [1.165, 1.54) is 36.5 Å². The number of halogens is 1.